The molecule has 1 atom stereocenters. The van der Waals surface area contributed by atoms with Crippen LogP contribution in [0.5, 0.6) is 0 Å². The largest absolute Gasteiger partial charge is 0.370 e. The Balaban J connectivity index is 2.79. The van der Waals surface area contributed by atoms with Gasteiger partial charge in [-0.05, 0) is 0 Å². The second kappa shape index (κ2) is 4.04. The van der Waals surface area contributed by atoms with Crippen molar-refractivity contribution in [3.8, 4) is 0 Å². The van der Waals surface area contributed by atoms with E-state index in [1.165, 1.54) is 0 Å². The highest BCUT2D eigenvalue weighted by molar-refractivity contribution is 7.62. The highest BCUT2D eigenvalue weighted by Gasteiger charge is 2.01. The van der Waals surface area contributed by atoms with Gasteiger partial charge in [0.1, 0.15) is 8.22 Å². The van der Waals surface area contributed by atoms with E-state index in [9.17, 15) is 0 Å². The van der Waals surface area contributed by atoms with Crippen LogP contribution >= 0.6 is 8.22 Å². The minimum Gasteiger partial charge on any atom is -0.370 e. The van der Waals surface area contributed by atoms with Crippen LogP contribution in [-0.2, 0) is 0 Å². The molecule has 1 rings (SSSR count). The standard InChI is InChI=1S/C7H11N4P/c8-7(9)11-12(10)6-4-2-1-3-5-6/h1-5H,10H2,(H4,8,9,11). The molecule has 1 unspecified atom stereocenters. The molecular weight excluding hydrogens is 171 g/mol. The maximum absolute atomic E-state index is 5.71. The van der Waals surface area contributed by atoms with E-state index in [1.807, 2.05) is 30.3 Å². The Morgan fingerprint density at radius 3 is 2.25 bits per heavy atom. The maximum Gasteiger partial charge on any atom is 0.191 e. The Morgan fingerprint density at radius 2 is 1.75 bits per heavy atom. The first-order chi connectivity index (χ1) is 5.70. The minimum atomic E-state index is -1.08. The van der Waals surface area contributed by atoms with E-state index >= 15 is 0 Å². The van der Waals surface area contributed by atoms with Crippen LogP contribution in [0, 0.1) is 0 Å². The molecule has 0 aromatic heterocycles. The van der Waals surface area contributed by atoms with Crippen molar-refractivity contribution in [3.63, 3.8) is 0 Å². The third-order valence-corrected chi connectivity index (χ3v) is 2.52. The minimum absolute atomic E-state index is 0.0347. The van der Waals surface area contributed by atoms with Crippen molar-refractivity contribution in [1.29, 1.82) is 0 Å². The zero-order valence-corrected chi connectivity index (χ0v) is 7.41. The van der Waals surface area contributed by atoms with Crippen molar-refractivity contribution in [1.82, 2.24) is 0 Å². The molecule has 0 aliphatic rings. The molecule has 0 spiro atoms. The molecule has 0 saturated carbocycles. The molecule has 6 N–H and O–H groups in total. The number of nitrogens with two attached hydrogens (primary N) is 3. The van der Waals surface area contributed by atoms with E-state index in [-0.39, 0.29) is 5.96 Å². The molecule has 0 heterocycles. The Labute approximate surface area is 72.3 Å². The van der Waals surface area contributed by atoms with Crippen LogP contribution in [0.3, 0.4) is 0 Å². The molecule has 1 aromatic rings. The quantitative estimate of drug-likeness (QED) is 0.337. The number of hydrogen-bond donors (Lipinski definition) is 3. The van der Waals surface area contributed by atoms with Crippen molar-refractivity contribution >= 4 is 19.5 Å². The van der Waals surface area contributed by atoms with Gasteiger partial charge in [0.2, 0.25) is 0 Å². The summed E-state index contributed by atoms with van der Waals surface area (Å²) in [5.41, 5.74) is 16.1. The smallest absolute Gasteiger partial charge is 0.191 e. The molecule has 0 fully saturated rings. The summed E-state index contributed by atoms with van der Waals surface area (Å²) < 4.78 is 3.86. The number of hydrogen-bond acceptors (Lipinski definition) is 2. The predicted octanol–water partition coefficient (Wildman–Crippen LogP) is -0.144. The van der Waals surface area contributed by atoms with E-state index in [1.54, 1.807) is 0 Å². The average Bonchev–Trinajstić information content (AvgIpc) is 2.05. The van der Waals surface area contributed by atoms with Gasteiger partial charge in [0.05, 0.1) is 0 Å². The third kappa shape index (κ3) is 2.49. The first-order valence-electron chi connectivity index (χ1n) is 3.39. The second-order valence-electron chi connectivity index (χ2n) is 2.20. The zero-order valence-electron chi connectivity index (χ0n) is 6.51. The highest BCUT2D eigenvalue weighted by Crippen LogP contribution is 2.24. The van der Waals surface area contributed by atoms with E-state index in [0.717, 1.165) is 5.30 Å². The van der Waals surface area contributed by atoms with Crippen LogP contribution in [-0.4, -0.2) is 5.96 Å². The molecule has 64 valence electrons. The number of nitrogens with zero attached hydrogens (tertiary/aromatic N) is 1. The van der Waals surface area contributed by atoms with E-state index in [4.69, 9.17) is 17.0 Å². The molecule has 0 amide bonds. The van der Waals surface area contributed by atoms with Gasteiger partial charge in [0.25, 0.3) is 0 Å². The first-order valence-corrected chi connectivity index (χ1v) is 4.76. The van der Waals surface area contributed by atoms with Crippen molar-refractivity contribution in [2.24, 2.45) is 21.7 Å². The highest BCUT2D eigenvalue weighted by atomic mass is 31.1. The molecule has 0 saturated heterocycles. The van der Waals surface area contributed by atoms with Crippen LogP contribution in [0.2, 0.25) is 0 Å². The zero-order chi connectivity index (χ0) is 8.97. The van der Waals surface area contributed by atoms with Crippen LogP contribution in [0.15, 0.2) is 35.1 Å². The van der Waals surface area contributed by atoms with Gasteiger partial charge >= 0.3 is 0 Å². The third-order valence-electron chi connectivity index (χ3n) is 1.24. The topological polar surface area (TPSA) is 90.4 Å². The van der Waals surface area contributed by atoms with Crippen molar-refractivity contribution < 1.29 is 0 Å². The molecular formula is C7H11N4P. The van der Waals surface area contributed by atoms with Gasteiger partial charge in [0.15, 0.2) is 5.96 Å². The SMILES string of the molecule is NC(N)=NP(N)c1ccccc1. The van der Waals surface area contributed by atoms with Gasteiger partial charge in [0, 0.05) is 5.30 Å². The van der Waals surface area contributed by atoms with E-state index in [0.29, 0.717) is 0 Å². The molecule has 0 bridgehead atoms. The predicted molar refractivity (Wildman–Crippen MR) is 53.0 cm³/mol. The van der Waals surface area contributed by atoms with Crippen LogP contribution in [0.25, 0.3) is 0 Å². The lowest BCUT2D eigenvalue weighted by atomic mass is 10.4. The lowest BCUT2D eigenvalue weighted by Crippen LogP contribution is -2.23. The Hall–Kier alpha value is -1.12. The fraction of sp³-hybridized carbons (Fsp3) is 0. The molecule has 1 aromatic carbocycles. The van der Waals surface area contributed by atoms with Gasteiger partial charge in [-0.3, -0.25) is 5.50 Å². The van der Waals surface area contributed by atoms with Gasteiger partial charge in [-0.15, -0.1) is 0 Å². The molecule has 4 nitrogen and oxygen atoms in total. The molecule has 0 radical (unpaired) electrons. The van der Waals surface area contributed by atoms with Crippen molar-refractivity contribution in [2.45, 2.75) is 0 Å². The van der Waals surface area contributed by atoms with Crippen LogP contribution in [0.1, 0.15) is 0 Å². The Morgan fingerprint density at radius 1 is 1.17 bits per heavy atom. The summed E-state index contributed by atoms with van der Waals surface area (Å²) >= 11 is 0. The van der Waals surface area contributed by atoms with E-state index in [2.05, 4.69) is 4.76 Å². The summed E-state index contributed by atoms with van der Waals surface area (Å²) in [7, 11) is -1.08. The lowest BCUT2D eigenvalue weighted by Gasteiger charge is -2.04. The molecule has 0 aliphatic heterocycles. The average molecular weight is 182 g/mol. The van der Waals surface area contributed by atoms with Gasteiger partial charge < -0.3 is 11.5 Å². The fourth-order valence-corrected chi connectivity index (χ4v) is 1.60. The van der Waals surface area contributed by atoms with Crippen molar-refractivity contribution in [3.05, 3.63) is 30.3 Å². The van der Waals surface area contributed by atoms with E-state index < -0.39 is 8.22 Å². The summed E-state index contributed by atoms with van der Waals surface area (Å²) in [4.78, 5) is 0. The number of rotatable bonds is 2. The van der Waals surface area contributed by atoms with Crippen molar-refractivity contribution in [2.75, 3.05) is 0 Å². The summed E-state index contributed by atoms with van der Waals surface area (Å²) in [5.74, 6) is 0.0347. The molecule has 12 heavy (non-hydrogen) atoms. The number of benzene rings is 1. The molecule has 0 aliphatic carbocycles. The summed E-state index contributed by atoms with van der Waals surface area (Å²) in [6.45, 7) is 0. The summed E-state index contributed by atoms with van der Waals surface area (Å²) in [6, 6.07) is 9.53. The maximum atomic E-state index is 5.71. The van der Waals surface area contributed by atoms with Crippen LogP contribution in [0.4, 0.5) is 0 Å². The van der Waals surface area contributed by atoms with Crippen LogP contribution < -0.4 is 22.3 Å². The van der Waals surface area contributed by atoms with Gasteiger partial charge in [-0.25, -0.2) is 4.76 Å². The monoisotopic (exact) mass is 182 g/mol. The second-order valence-corrected chi connectivity index (χ2v) is 3.61. The number of guanidine groups is 1. The fourth-order valence-electron chi connectivity index (χ4n) is 0.763. The van der Waals surface area contributed by atoms with Gasteiger partial charge in [-0.2, -0.15) is 0 Å². The lowest BCUT2D eigenvalue weighted by molar-refractivity contribution is 1.52. The first kappa shape index (κ1) is 8.97. The normalized spacial score (nSPS) is 12.1. The molecule has 5 heteroatoms. The summed E-state index contributed by atoms with van der Waals surface area (Å²) in [5, 5.41) is 0.959. The Kier molecular flexibility index (Phi) is 3.02. The Bertz CT molecular complexity index is 268. The summed E-state index contributed by atoms with van der Waals surface area (Å²) in [6.07, 6.45) is 0. The van der Waals surface area contributed by atoms with Gasteiger partial charge in [-0.1, -0.05) is 30.3 Å².